The van der Waals surface area contributed by atoms with Crippen molar-refractivity contribution in [3.8, 4) is 44.5 Å². The summed E-state index contributed by atoms with van der Waals surface area (Å²) in [6, 6.07) is 70.7. The summed E-state index contributed by atoms with van der Waals surface area (Å²) in [5.74, 6) is 0. The first kappa shape index (κ1) is 41.6. The number of furan rings is 1. The van der Waals surface area contributed by atoms with Crippen LogP contribution < -0.4 is 20.6 Å². The van der Waals surface area contributed by atoms with Gasteiger partial charge in [0.25, 0.3) is 0 Å². The Bertz CT molecular complexity index is 3720. The van der Waals surface area contributed by atoms with Gasteiger partial charge in [-0.25, -0.2) is 0 Å². The molecule has 9 aromatic carbocycles. The highest BCUT2D eigenvalue weighted by Gasteiger charge is 2.50. The third kappa shape index (κ3) is 6.14. The Balaban J connectivity index is 1.23. The normalized spacial score (nSPS) is 14.4. The van der Waals surface area contributed by atoms with Crippen molar-refractivity contribution in [1.29, 1.82) is 0 Å². The molecule has 3 heterocycles. The standard InChI is InChI=1S/C65H55BN2O/c1-63(2,3)43-28-31-45(32-29-43)68-55-37-42(40-19-11-9-12-20-40)27-33-48(55)59-60-56(39-50-46-23-16-18-26-57(46)69-62(50)59)67(54-36-30-44(64(4,5)6)38-49(54)41-21-13-10-14-22-41)61-53(66(60)68)35-34-52-58(61)47-24-15-17-25-51(47)65(52,7)8/h9-39H,1-8H3. The van der Waals surface area contributed by atoms with Crippen molar-refractivity contribution >= 4 is 68.1 Å². The van der Waals surface area contributed by atoms with Crippen LogP contribution in [0, 0.1) is 0 Å². The molecule has 13 rings (SSSR count). The Kier molecular flexibility index (Phi) is 8.88. The van der Waals surface area contributed by atoms with Crippen molar-refractivity contribution in [1.82, 2.24) is 0 Å². The van der Waals surface area contributed by atoms with E-state index in [2.05, 4.69) is 253 Å². The number of benzene rings is 9. The maximum Gasteiger partial charge on any atom is 0.333 e. The molecular weight excluding hydrogens is 836 g/mol. The third-order valence-electron chi connectivity index (χ3n) is 15.6. The molecule has 0 fully saturated rings. The van der Waals surface area contributed by atoms with E-state index in [1.54, 1.807) is 0 Å². The van der Waals surface area contributed by atoms with Gasteiger partial charge in [0.15, 0.2) is 0 Å². The quantitative estimate of drug-likeness (QED) is 0.164. The van der Waals surface area contributed by atoms with E-state index in [4.69, 9.17) is 4.42 Å². The van der Waals surface area contributed by atoms with Crippen molar-refractivity contribution in [2.45, 2.75) is 71.6 Å². The average Bonchev–Trinajstić information content (AvgIpc) is 3.85. The van der Waals surface area contributed by atoms with Gasteiger partial charge in [0.1, 0.15) is 11.2 Å². The predicted octanol–water partition coefficient (Wildman–Crippen LogP) is 16.5. The van der Waals surface area contributed by atoms with Gasteiger partial charge in [0, 0.05) is 55.5 Å². The minimum atomic E-state index is -0.215. The highest BCUT2D eigenvalue weighted by atomic mass is 16.3. The summed E-state index contributed by atoms with van der Waals surface area (Å²) in [4.78, 5) is 5.33. The fourth-order valence-corrected chi connectivity index (χ4v) is 12.0. The van der Waals surface area contributed by atoms with Gasteiger partial charge >= 0.3 is 6.85 Å². The summed E-state index contributed by atoms with van der Waals surface area (Å²) in [7, 11) is 0. The van der Waals surface area contributed by atoms with Crippen LogP contribution in [0.1, 0.15) is 77.6 Å². The molecule has 1 aromatic heterocycles. The van der Waals surface area contributed by atoms with Crippen molar-refractivity contribution in [2.24, 2.45) is 0 Å². The van der Waals surface area contributed by atoms with E-state index in [9.17, 15) is 0 Å². The molecule has 0 unspecified atom stereocenters. The molecule has 3 aliphatic rings. The van der Waals surface area contributed by atoms with Crippen LogP contribution in [0.15, 0.2) is 192 Å². The van der Waals surface area contributed by atoms with Crippen LogP contribution in [0.25, 0.3) is 66.4 Å². The molecule has 0 saturated heterocycles. The van der Waals surface area contributed by atoms with Crippen LogP contribution >= 0.6 is 0 Å². The van der Waals surface area contributed by atoms with Gasteiger partial charge in [0.05, 0.1) is 11.4 Å². The number of fused-ring (bicyclic) bond motifs is 12. The summed E-state index contributed by atoms with van der Waals surface area (Å²) < 4.78 is 7.17. The molecule has 334 valence electrons. The topological polar surface area (TPSA) is 19.6 Å². The maximum absolute atomic E-state index is 7.17. The summed E-state index contributed by atoms with van der Waals surface area (Å²) in [6.45, 7) is 18.5. The molecular formula is C65H55BN2O. The largest absolute Gasteiger partial charge is 0.455 e. The Hall–Kier alpha value is -7.56. The molecule has 0 amide bonds. The minimum absolute atomic E-state index is 0.00314. The molecule has 3 nitrogen and oxygen atoms in total. The van der Waals surface area contributed by atoms with Crippen LogP contribution in [0.4, 0.5) is 28.4 Å². The van der Waals surface area contributed by atoms with Gasteiger partial charge in [0.2, 0.25) is 0 Å². The van der Waals surface area contributed by atoms with Gasteiger partial charge in [-0.15, -0.1) is 0 Å². The minimum Gasteiger partial charge on any atom is -0.455 e. The van der Waals surface area contributed by atoms with Gasteiger partial charge in [-0.2, -0.15) is 0 Å². The molecule has 0 bridgehead atoms. The van der Waals surface area contributed by atoms with Crippen LogP contribution in [0.2, 0.25) is 0 Å². The molecule has 10 aromatic rings. The molecule has 4 heteroatoms. The summed E-state index contributed by atoms with van der Waals surface area (Å²) in [5.41, 5.74) is 25.0. The SMILES string of the molecule is CC(C)(C)c1ccc(N2B3c4ccc5c(c4N(c4ccc(C(C)(C)C)cc4-c4ccccc4)c4cc6c(oc7ccccc76)c(c43)-c3ccc(-c4ccccc4)cc32)-c2ccccc2C5(C)C)cc1. The predicted molar refractivity (Wildman–Crippen MR) is 293 cm³/mol. The second-order valence-corrected chi connectivity index (χ2v) is 22.1. The van der Waals surface area contributed by atoms with E-state index >= 15 is 0 Å². The molecule has 0 spiro atoms. The zero-order valence-electron chi connectivity index (χ0n) is 40.8. The van der Waals surface area contributed by atoms with Crippen LogP contribution in [0.3, 0.4) is 0 Å². The fraction of sp³-hybridized carbons (Fsp3) is 0.169. The number of para-hydroxylation sites is 1. The van der Waals surface area contributed by atoms with Gasteiger partial charge in [-0.1, -0.05) is 201 Å². The Morgan fingerprint density at radius 1 is 0.464 bits per heavy atom. The van der Waals surface area contributed by atoms with Gasteiger partial charge in [-0.3, -0.25) is 0 Å². The number of hydrogen-bond donors (Lipinski definition) is 0. The average molecular weight is 891 g/mol. The first-order valence-corrected chi connectivity index (χ1v) is 24.6. The van der Waals surface area contributed by atoms with Crippen LogP contribution in [0.5, 0.6) is 0 Å². The van der Waals surface area contributed by atoms with E-state index in [0.717, 1.165) is 50.1 Å². The molecule has 69 heavy (non-hydrogen) atoms. The highest BCUT2D eigenvalue weighted by Crippen LogP contribution is 2.58. The van der Waals surface area contributed by atoms with Crippen LogP contribution in [-0.2, 0) is 16.2 Å². The number of anilines is 5. The fourth-order valence-electron chi connectivity index (χ4n) is 12.0. The lowest BCUT2D eigenvalue weighted by atomic mass is 9.43. The smallest absolute Gasteiger partial charge is 0.333 e. The van der Waals surface area contributed by atoms with E-state index in [1.165, 1.54) is 77.9 Å². The molecule has 0 N–H and O–H groups in total. The second kappa shape index (κ2) is 14.7. The molecule has 2 aliphatic heterocycles. The monoisotopic (exact) mass is 890 g/mol. The van der Waals surface area contributed by atoms with Gasteiger partial charge < -0.3 is 14.1 Å². The third-order valence-corrected chi connectivity index (χ3v) is 15.6. The lowest BCUT2D eigenvalue weighted by Gasteiger charge is -2.47. The molecule has 0 saturated carbocycles. The van der Waals surface area contributed by atoms with Crippen molar-refractivity contribution in [3.63, 3.8) is 0 Å². The number of rotatable bonds is 4. The lowest BCUT2D eigenvalue weighted by Crippen LogP contribution is -2.61. The van der Waals surface area contributed by atoms with E-state index in [0.29, 0.717) is 0 Å². The highest BCUT2D eigenvalue weighted by molar-refractivity contribution is 6.94. The summed E-state index contributed by atoms with van der Waals surface area (Å²) in [6.07, 6.45) is 0. The lowest BCUT2D eigenvalue weighted by molar-refractivity contribution is 0.590. The first-order valence-electron chi connectivity index (χ1n) is 24.6. The van der Waals surface area contributed by atoms with Crippen LogP contribution in [-0.4, -0.2) is 6.85 Å². The van der Waals surface area contributed by atoms with Crippen molar-refractivity contribution < 1.29 is 4.42 Å². The molecule has 0 atom stereocenters. The van der Waals surface area contributed by atoms with Crippen molar-refractivity contribution in [2.75, 3.05) is 9.71 Å². The zero-order valence-corrected chi connectivity index (χ0v) is 40.8. The summed E-state index contributed by atoms with van der Waals surface area (Å²) >= 11 is 0. The Morgan fingerprint density at radius 2 is 1.13 bits per heavy atom. The summed E-state index contributed by atoms with van der Waals surface area (Å²) in [5, 5.41) is 2.24. The van der Waals surface area contributed by atoms with Crippen molar-refractivity contribution in [3.05, 3.63) is 210 Å². The molecule has 0 radical (unpaired) electrons. The maximum atomic E-state index is 7.17. The van der Waals surface area contributed by atoms with Gasteiger partial charge in [-0.05, 0) is 109 Å². The Labute approximate surface area is 406 Å². The van der Waals surface area contributed by atoms with E-state index < -0.39 is 0 Å². The Morgan fingerprint density at radius 3 is 1.87 bits per heavy atom. The number of hydrogen-bond acceptors (Lipinski definition) is 3. The van der Waals surface area contributed by atoms with E-state index in [1.807, 2.05) is 0 Å². The molecule has 1 aliphatic carbocycles. The first-order chi connectivity index (χ1) is 33.3. The second-order valence-electron chi connectivity index (χ2n) is 22.1. The zero-order chi connectivity index (χ0) is 47.1. The van der Waals surface area contributed by atoms with E-state index in [-0.39, 0.29) is 23.1 Å². The number of nitrogens with zero attached hydrogens (tertiary/aromatic N) is 2.